The van der Waals surface area contributed by atoms with Crippen molar-refractivity contribution in [3.63, 3.8) is 0 Å². The van der Waals surface area contributed by atoms with Gasteiger partial charge in [0.15, 0.2) is 5.69 Å². The minimum atomic E-state index is -1.05. The molecule has 1 heterocycles. The topological polar surface area (TPSA) is 75.4 Å². The van der Waals surface area contributed by atoms with Crippen LogP contribution in [-0.2, 0) is 16.9 Å². The van der Waals surface area contributed by atoms with Gasteiger partial charge in [0.2, 0.25) is 0 Å². The van der Waals surface area contributed by atoms with E-state index in [0.29, 0.717) is 0 Å². The molecule has 1 amide bonds. The Morgan fingerprint density at radius 2 is 1.83 bits per heavy atom. The van der Waals surface area contributed by atoms with Gasteiger partial charge in [-0.15, -0.1) is 0 Å². The van der Waals surface area contributed by atoms with E-state index in [1.165, 1.54) is 4.90 Å². The third kappa shape index (κ3) is 4.22. The second-order valence-corrected chi connectivity index (χ2v) is 6.79. The SMILES string of the molecule is Cc1cc(C(=O)N(CC(=O)O)Cc2ccccc2)nn1C(C)(C)C. The third-order valence-corrected chi connectivity index (χ3v) is 3.57. The molecule has 2 rings (SSSR count). The zero-order valence-electron chi connectivity index (χ0n) is 14.5. The van der Waals surface area contributed by atoms with Crippen LogP contribution in [0.25, 0.3) is 0 Å². The van der Waals surface area contributed by atoms with Gasteiger partial charge in [0.25, 0.3) is 5.91 Å². The van der Waals surface area contributed by atoms with Gasteiger partial charge in [0.05, 0.1) is 5.54 Å². The van der Waals surface area contributed by atoms with Crippen molar-refractivity contribution in [2.24, 2.45) is 0 Å². The highest BCUT2D eigenvalue weighted by Crippen LogP contribution is 2.18. The molecule has 0 unspecified atom stereocenters. The molecule has 24 heavy (non-hydrogen) atoms. The van der Waals surface area contributed by atoms with Gasteiger partial charge in [-0.3, -0.25) is 14.3 Å². The standard InChI is InChI=1S/C18H23N3O3/c1-13-10-15(19-21(13)18(2,3)4)17(24)20(12-16(22)23)11-14-8-6-5-7-9-14/h5-10H,11-12H2,1-4H3,(H,22,23). The summed E-state index contributed by atoms with van der Waals surface area (Å²) in [5.74, 6) is -1.43. The fourth-order valence-corrected chi connectivity index (χ4v) is 2.59. The van der Waals surface area contributed by atoms with Crippen molar-refractivity contribution in [3.8, 4) is 0 Å². The van der Waals surface area contributed by atoms with Crippen molar-refractivity contribution in [1.29, 1.82) is 0 Å². The number of hydrogen-bond donors (Lipinski definition) is 1. The first kappa shape index (κ1) is 17.7. The van der Waals surface area contributed by atoms with E-state index in [0.717, 1.165) is 11.3 Å². The lowest BCUT2D eigenvalue weighted by Gasteiger charge is -2.22. The van der Waals surface area contributed by atoms with Crippen LogP contribution in [0.4, 0.5) is 0 Å². The number of carbonyl (C=O) groups is 2. The summed E-state index contributed by atoms with van der Waals surface area (Å²) in [6, 6.07) is 11.0. The largest absolute Gasteiger partial charge is 0.480 e. The quantitative estimate of drug-likeness (QED) is 0.915. The average molecular weight is 329 g/mol. The Morgan fingerprint density at radius 3 is 2.33 bits per heavy atom. The lowest BCUT2D eigenvalue weighted by Crippen LogP contribution is -2.35. The summed E-state index contributed by atoms with van der Waals surface area (Å²) in [6.07, 6.45) is 0. The van der Waals surface area contributed by atoms with Gasteiger partial charge in [-0.25, -0.2) is 0 Å². The van der Waals surface area contributed by atoms with Crippen LogP contribution in [0.5, 0.6) is 0 Å². The number of aromatic nitrogens is 2. The number of aryl methyl sites for hydroxylation is 1. The normalized spacial score (nSPS) is 11.3. The van der Waals surface area contributed by atoms with E-state index < -0.39 is 5.97 Å². The van der Waals surface area contributed by atoms with E-state index in [9.17, 15) is 9.59 Å². The van der Waals surface area contributed by atoms with E-state index in [4.69, 9.17) is 5.11 Å². The Balaban J connectivity index is 2.29. The molecule has 0 fully saturated rings. The molecule has 0 bridgehead atoms. The molecule has 6 nitrogen and oxygen atoms in total. The van der Waals surface area contributed by atoms with Crippen LogP contribution in [0.1, 0.15) is 42.5 Å². The zero-order chi connectivity index (χ0) is 17.9. The number of benzene rings is 1. The first-order valence-electron chi connectivity index (χ1n) is 7.80. The summed E-state index contributed by atoms with van der Waals surface area (Å²) < 4.78 is 1.78. The molecule has 1 N–H and O–H groups in total. The van der Waals surface area contributed by atoms with Crippen LogP contribution < -0.4 is 0 Å². The van der Waals surface area contributed by atoms with Crippen molar-refractivity contribution in [1.82, 2.24) is 14.7 Å². The van der Waals surface area contributed by atoms with E-state index >= 15 is 0 Å². The second-order valence-electron chi connectivity index (χ2n) is 6.79. The number of rotatable bonds is 5. The zero-order valence-corrected chi connectivity index (χ0v) is 14.5. The van der Waals surface area contributed by atoms with Crippen molar-refractivity contribution >= 4 is 11.9 Å². The summed E-state index contributed by atoms with van der Waals surface area (Å²) in [6.45, 7) is 7.75. The highest BCUT2D eigenvalue weighted by Gasteiger charge is 2.24. The average Bonchev–Trinajstić information content (AvgIpc) is 2.88. The van der Waals surface area contributed by atoms with Gasteiger partial charge in [-0.05, 0) is 39.3 Å². The van der Waals surface area contributed by atoms with Crippen molar-refractivity contribution in [2.45, 2.75) is 39.8 Å². The van der Waals surface area contributed by atoms with E-state index in [-0.39, 0.29) is 30.2 Å². The van der Waals surface area contributed by atoms with Gasteiger partial charge in [0.1, 0.15) is 6.54 Å². The smallest absolute Gasteiger partial charge is 0.323 e. The summed E-state index contributed by atoms with van der Waals surface area (Å²) in [5.41, 5.74) is 1.75. The van der Waals surface area contributed by atoms with E-state index in [2.05, 4.69) is 5.10 Å². The number of hydrogen-bond acceptors (Lipinski definition) is 3. The van der Waals surface area contributed by atoms with Crippen molar-refractivity contribution < 1.29 is 14.7 Å². The van der Waals surface area contributed by atoms with Crippen LogP contribution in [0.2, 0.25) is 0 Å². The molecule has 2 aromatic rings. The molecule has 128 valence electrons. The first-order valence-corrected chi connectivity index (χ1v) is 7.80. The highest BCUT2D eigenvalue weighted by atomic mass is 16.4. The molecular formula is C18H23N3O3. The van der Waals surface area contributed by atoms with Crippen LogP contribution in [0, 0.1) is 6.92 Å². The molecule has 0 saturated carbocycles. The maximum Gasteiger partial charge on any atom is 0.323 e. The monoisotopic (exact) mass is 329 g/mol. The van der Waals surface area contributed by atoms with Gasteiger partial charge < -0.3 is 10.0 Å². The Hall–Kier alpha value is -2.63. The number of amides is 1. The number of aliphatic carboxylic acids is 1. The molecule has 0 atom stereocenters. The van der Waals surface area contributed by atoms with E-state index in [1.54, 1.807) is 10.7 Å². The number of carboxylic acid groups (broad SMARTS) is 1. The minimum absolute atomic E-state index is 0.230. The molecule has 0 aliphatic heterocycles. The van der Waals surface area contributed by atoms with Gasteiger partial charge in [0, 0.05) is 12.2 Å². The predicted octanol–water partition coefficient (Wildman–Crippen LogP) is 2.67. The summed E-state index contributed by atoms with van der Waals surface area (Å²) in [5, 5.41) is 13.5. The van der Waals surface area contributed by atoms with Gasteiger partial charge in [-0.1, -0.05) is 30.3 Å². The molecule has 6 heteroatoms. The highest BCUT2D eigenvalue weighted by molar-refractivity contribution is 5.94. The Labute approximate surface area is 141 Å². The van der Waals surface area contributed by atoms with Gasteiger partial charge in [-0.2, -0.15) is 5.10 Å². The predicted molar refractivity (Wildman–Crippen MR) is 90.8 cm³/mol. The Bertz CT molecular complexity index is 730. The maximum atomic E-state index is 12.8. The lowest BCUT2D eigenvalue weighted by molar-refractivity contribution is -0.137. The van der Waals surface area contributed by atoms with Crippen molar-refractivity contribution in [2.75, 3.05) is 6.54 Å². The van der Waals surface area contributed by atoms with Crippen LogP contribution in [0.3, 0.4) is 0 Å². The third-order valence-electron chi connectivity index (χ3n) is 3.57. The van der Waals surface area contributed by atoms with Crippen LogP contribution in [-0.4, -0.2) is 38.2 Å². The van der Waals surface area contributed by atoms with Crippen LogP contribution >= 0.6 is 0 Å². The second kappa shape index (κ2) is 6.86. The molecule has 0 saturated heterocycles. The molecule has 1 aromatic carbocycles. The molecule has 0 spiro atoms. The number of carbonyl (C=O) groups excluding carboxylic acids is 1. The van der Waals surface area contributed by atoms with Crippen LogP contribution in [0.15, 0.2) is 36.4 Å². The lowest BCUT2D eigenvalue weighted by atomic mass is 10.1. The molecular weight excluding hydrogens is 306 g/mol. The summed E-state index contributed by atoms with van der Waals surface area (Å²) in [7, 11) is 0. The van der Waals surface area contributed by atoms with Gasteiger partial charge >= 0.3 is 5.97 Å². The first-order chi connectivity index (χ1) is 11.2. The fraction of sp³-hybridized carbons (Fsp3) is 0.389. The number of carboxylic acids is 1. The minimum Gasteiger partial charge on any atom is -0.480 e. The fourth-order valence-electron chi connectivity index (χ4n) is 2.59. The number of nitrogens with zero attached hydrogens (tertiary/aromatic N) is 3. The molecule has 0 radical (unpaired) electrons. The maximum absolute atomic E-state index is 12.8. The summed E-state index contributed by atoms with van der Waals surface area (Å²) >= 11 is 0. The van der Waals surface area contributed by atoms with E-state index in [1.807, 2.05) is 58.0 Å². The summed E-state index contributed by atoms with van der Waals surface area (Å²) in [4.78, 5) is 25.2. The molecule has 0 aliphatic rings. The molecule has 0 aliphatic carbocycles. The molecule has 1 aromatic heterocycles. The Morgan fingerprint density at radius 1 is 1.21 bits per heavy atom. The van der Waals surface area contributed by atoms with Crippen molar-refractivity contribution in [3.05, 3.63) is 53.3 Å². The Kier molecular flexibility index (Phi) is 5.07.